The molecule has 0 amide bonds. The van der Waals surface area contributed by atoms with E-state index in [9.17, 15) is 14.3 Å². The van der Waals surface area contributed by atoms with Crippen LogP contribution in [-0.4, -0.2) is 49.9 Å². The Hall–Kier alpha value is -1.02. The second-order valence-electron chi connectivity index (χ2n) is 16.0. The van der Waals surface area contributed by atoms with E-state index in [1.54, 1.807) is 0 Å². The van der Waals surface area contributed by atoms with Crippen LogP contribution < -0.4 is 5.73 Å². The van der Waals surface area contributed by atoms with Gasteiger partial charge in [0.25, 0.3) is 0 Å². The predicted molar refractivity (Wildman–Crippen MR) is 238 cm³/mol. The molecule has 8 nitrogen and oxygen atoms in total. The first-order valence-electron chi connectivity index (χ1n) is 23.8. The third-order valence-electron chi connectivity index (χ3n) is 10.3. The maximum Gasteiger partial charge on any atom is 0.472 e. The number of phosphoric ester groups is 1. The number of esters is 1. The lowest BCUT2D eigenvalue weighted by atomic mass is 10.1. The molecule has 2 atom stereocenters. The number of hydrogen-bond donors (Lipinski definition) is 2. The van der Waals surface area contributed by atoms with Gasteiger partial charge in [0.15, 0.2) is 0 Å². The summed E-state index contributed by atoms with van der Waals surface area (Å²) in [5.41, 5.74) is 5.38. The minimum absolute atomic E-state index is 0.0949. The van der Waals surface area contributed by atoms with Crippen LogP contribution >= 0.6 is 7.82 Å². The van der Waals surface area contributed by atoms with E-state index in [-0.39, 0.29) is 32.3 Å². The summed E-state index contributed by atoms with van der Waals surface area (Å²) in [7, 11) is -4.28. The molecule has 9 heteroatoms. The maximum atomic E-state index is 12.6. The summed E-state index contributed by atoms with van der Waals surface area (Å²) in [6.45, 7) is 4.94. The number of phosphoric acid groups is 1. The zero-order valence-electron chi connectivity index (χ0n) is 36.9. The van der Waals surface area contributed by atoms with Crippen LogP contribution in [0, 0.1) is 0 Å². The Morgan fingerprint density at radius 2 is 0.893 bits per heavy atom. The van der Waals surface area contributed by atoms with Crippen molar-refractivity contribution in [3.05, 3.63) is 24.3 Å². The standard InChI is InChI=1S/C47H92NO7P/c1-3-5-7-9-11-13-15-17-19-21-22-23-25-27-29-31-33-35-37-39-42-52-44-46(45-54-56(50,51)53-43-41-48)55-47(49)40-38-36-34-32-30-28-26-24-20-18-16-14-12-10-8-6-4-2/h17-20,46H,3-16,21-45,48H2,1-2H3,(H,50,51)/b19-17-,20-18-. The Morgan fingerprint density at radius 3 is 1.30 bits per heavy atom. The van der Waals surface area contributed by atoms with Crippen LogP contribution in [0.1, 0.15) is 232 Å². The molecule has 0 aliphatic carbocycles. The van der Waals surface area contributed by atoms with Crippen molar-refractivity contribution in [2.75, 3.05) is 33.0 Å². The van der Waals surface area contributed by atoms with Crippen LogP contribution in [0.2, 0.25) is 0 Å². The van der Waals surface area contributed by atoms with Gasteiger partial charge >= 0.3 is 13.8 Å². The molecule has 0 rings (SSSR count). The van der Waals surface area contributed by atoms with Gasteiger partial charge in [-0.3, -0.25) is 13.8 Å². The van der Waals surface area contributed by atoms with E-state index in [2.05, 4.69) is 38.2 Å². The minimum atomic E-state index is -4.28. The number of carbonyl (C=O) groups excluding carboxylic acids is 1. The lowest BCUT2D eigenvalue weighted by Crippen LogP contribution is -2.28. The molecule has 0 aromatic rings. The number of carbonyl (C=O) groups is 1. The Bertz CT molecular complexity index is 915. The maximum absolute atomic E-state index is 12.6. The number of hydrogen-bond acceptors (Lipinski definition) is 7. The lowest BCUT2D eigenvalue weighted by Gasteiger charge is -2.20. The lowest BCUT2D eigenvalue weighted by molar-refractivity contribution is -0.154. The number of ether oxygens (including phenoxy) is 2. The van der Waals surface area contributed by atoms with Crippen LogP contribution in [-0.2, 0) is 27.9 Å². The van der Waals surface area contributed by atoms with Gasteiger partial charge in [0, 0.05) is 19.6 Å². The van der Waals surface area contributed by atoms with E-state index >= 15 is 0 Å². The van der Waals surface area contributed by atoms with Crippen LogP contribution in [0.25, 0.3) is 0 Å². The van der Waals surface area contributed by atoms with Crippen LogP contribution in [0.4, 0.5) is 0 Å². The topological polar surface area (TPSA) is 117 Å². The van der Waals surface area contributed by atoms with Gasteiger partial charge in [-0.25, -0.2) is 4.57 Å². The zero-order chi connectivity index (χ0) is 40.9. The molecule has 0 bridgehead atoms. The fraction of sp³-hybridized carbons (Fsp3) is 0.894. The molecule has 0 aromatic heterocycles. The highest BCUT2D eigenvalue weighted by molar-refractivity contribution is 7.47. The van der Waals surface area contributed by atoms with Gasteiger partial charge in [-0.1, -0.05) is 186 Å². The molecule has 56 heavy (non-hydrogen) atoms. The van der Waals surface area contributed by atoms with E-state index in [1.165, 1.54) is 180 Å². The van der Waals surface area contributed by atoms with E-state index in [0.717, 1.165) is 32.1 Å². The molecular weight excluding hydrogens is 721 g/mol. The Kier molecular flexibility index (Phi) is 44.3. The number of allylic oxidation sites excluding steroid dienone is 4. The second kappa shape index (κ2) is 45.1. The molecule has 0 aliphatic heterocycles. The molecular formula is C47H92NO7P. The number of nitrogens with two attached hydrogens (primary N) is 1. The van der Waals surface area contributed by atoms with Crippen molar-refractivity contribution in [1.29, 1.82) is 0 Å². The average molecular weight is 814 g/mol. The van der Waals surface area contributed by atoms with Gasteiger partial charge in [0.2, 0.25) is 0 Å². The molecule has 0 aromatic carbocycles. The molecule has 0 fully saturated rings. The van der Waals surface area contributed by atoms with E-state index in [1.807, 2.05) is 0 Å². The van der Waals surface area contributed by atoms with Crippen molar-refractivity contribution >= 4 is 13.8 Å². The normalized spacial score (nSPS) is 13.6. The van der Waals surface area contributed by atoms with Crippen molar-refractivity contribution in [2.45, 2.75) is 238 Å². The third-order valence-corrected chi connectivity index (χ3v) is 11.3. The molecule has 3 N–H and O–H groups in total. The fourth-order valence-corrected chi connectivity index (χ4v) is 7.58. The van der Waals surface area contributed by atoms with Crippen molar-refractivity contribution in [2.24, 2.45) is 5.73 Å². The Labute approximate surface area is 346 Å². The summed E-state index contributed by atoms with van der Waals surface area (Å²) >= 11 is 0. The van der Waals surface area contributed by atoms with Gasteiger partial charge in [-0.05, 0) is 64.2 Å². The quantitative estimate of drug-likeness (QED) is 0.0270. The summed E-state index contributed by atoms with van der Waals surface area (Å²) < 4.78 is 33.5. The van der Waals surface area contributed by atoms with Crippen molar-refractivity contribution in [1.82, 2.24) is 0 Å². The Balaban J connectivity index is 3.96. The van der Waals surface area contributed by atoms with Gasteiger partial charge in [-0.15, -0.1) is 0 Å². The highest BCUT2D eigenvalue weighted by Gasteiger charge is 2.25. The van der Waals surface area contributed by atoms with Crippen LogP contribution in [0.5, 0.6) is 0 Å². The summed E-state index contributed by atoms with van der Waals surface area (Å²) in [4.78, 5) is 22.5. The molecule has 0 spiro atoms. The molecule has 0 aliphatic rings. The molecule has 2 unspecified atom stereocenters. The zero-order valence-corrected chi connectivity index (χ0v) is 37.8. The Morgan fingerprint density at radius 1 is 0.518 bits per heavy atom. The average Bonchev–Trinajstić information content (AvgIpc) is 3.19. The molecule has 0 saturated heterocycles. The monoisotopic (exact) mass is 814 g/mol. The van der Waals surface area contributed by atoms with Gasteiger partial charge < -0.3 is 20.1 Å². The van der Waals surface area contributed by atoms with Crippen LogP contribution in [0.15, 0.2) is 24.3 Å². The molecule has 0 heterocycles. The first kappa shape index (κ1) is 55.0. The molecule has 332 valence electrons. The first-order chi connectivity index (χ1) is 27.4. The highest BCUT2D eigenvalue weighted by Crippen LogP contribution is 2.43. The predicted octanol–water partition coefficient (Wildman–Crippen LogP) is 14.4. The molecule has 0 saturated carbocycles. The number of unbranched alkanes of at least 4 members (excludes halogenated alkanes) is 29. The van der Waals surface area contributed by atoms with Crippen molar-refractivity contribution in [3.8, 4) is 0 Å². The smallest absolute Gasteiger partial charge is 0.457 e. The second-order valence-corrected chi connectivity index (χ2v) is 17.4. The minimum Gasteiger partial charge on any atom is -0.457 e. The number of rotatable bonds is 46. The van der Waals surface area contributed by atoms with Crippen LogP contribution in [0.3, 0.4) is 0 Å². The summed E-state index contributed by atoms with van der Waals surface area (Å²) in [5, 5.41) is 0. The highest BCUT2D eigenvalue weighted by atomic mass is 31.2. The van der Waals surface area contributed by atoms with Gasteiger partial charge in [0.1, 0.15) is 6.10 Å². The van der Waals surface area contributed by atoms with Gasteiger partial charge in [0.05, 0.1) is 19.8 Å². The van der Waals surface area contributed by atoms with E-state index in [4.69, 9.17) is 24.3 Å². The fourth-order valence-electron chi connectivity index (χ4n) is 6.81. The van der Waals surface area contributed by atoms with E-state index in [0.29, 0.717) is 13.0 Å². The SMILES string of the molecule is CCCCCCCC/C=C\CCCCCCCCCCCCOCC(COP(=O)(O)OCCN)OC(=O)CCCCCCCCC/C=C\CCCCCCCC. The summed E-state index contributed by atoms with van der Waals surface area (Å²) in [6.07, 6.45) is 50.5. The van der Waals surface area contributed by atoms with Gasteiger partial charge in [-0.2, -0.15) is 0 Å². The molecule has 0 radical (unpaired) electrons. The largest absolute Gasteiger partial charge is 0.472 e. The van der Waals surface area contributed by atoms with Crippen molar-refractivity contribution < 1.29 is 32.8 Å². The summed E-state index contributed by atoms with van der Waals surface area (Å²) in [6, 6.07) is 0. The summed E-state index contributed by atoms with van der Waals surface area (Å²) in [5.74, 6) is -0.332. The van der Waals surface area contributed by atoms with Crippen molar-refractivity contribution in [3.63, 3.8) is 0 Å². The third kappa shape index (κ3) is 44.1. The first-order valence-corrected chi connectivity index (χ1v) is 25.3. The van der Waals surface area contributed by atoms with E-state index < -0.39 is 13.9 Å².